The quantitative estimate of drug-likeness (QED) is 0.623. The SMILES string of the molecule is CCCC/C(=C\B1OC(C)(C)C(C)(C)O1)[Si](C)(C)OC(C)C. The van der Waals surface area contributed by atoms with Gasteiger partial charge in [-0.3, -0.25) is 0 Å². The number of hydrogen-bond acceptors (Lipinski definition) is 3. The monoisotopic (exact) mass is 326 g/mol. The fourth-order valence-electron chi connectivity index (χ4n) is 2.74. The summed E-state index contributed by atoms with van der Waals surface area (Å²) < 4.78 is 18.6. The van der Waals surface area contributed by atoms with Gasteiger partial charge in [0.1, 0.15) is 0 Å². The summed E-state index contributed by atoms with van der Waals surface area (Å²) in [4.78, 5) is 0. The Morgan fingerprint density at radius 1 is 1.14 bits per heavy atom. The van der Waals surface area contributed by atoms with Crippen LogP contribution in [0.2, 0.25) is 13.1 Å². The van der Waals surface area contributed by atoms with Gasteiger partial charge >= 0.3 is 7.12 Å². The molecule has 0 aromatic rings. The van der Waals surface area contributed by atoms with E-state index in [1.807, 2.05) is 0 Å². The Morgan fingerprint density at radius 2 is 1.64 bits per heavy atom. The summed E-state index contributed by atoms with van der Waals surface area (Å²) >= 11 is 0. The average Bonchev–Trinajstić information content (AvgIpc) is 2.51. The van der Waals surface area contributed by atoms with Crippen LogP contribution in [-0.2, 0) is 13.7 Å². The molecule has 0 bridgehead atoms. The molecule has 0 aromatic carbocycles. The summed E-state index contributed by atoms with van der Waals surface area (Å²) in [7, 11) is -2.16. The first-order valence-electron chi connectivity index (χ1n) is 8.66. The maximum Gasteiger partial charge on any atom is 0.486 e. The van der Waals surface area contributed by atoms with Crippen LogP contribution in [0.1, 0.15) is 67.7 Å². The molecule has 0 atom stereocenters. The summed E-state index contributed by atoms with van der Waals surface area (Å²) in [5.41, 5.74) is -0.566. The van der Waals surface area contributed by atoms with Crippen molar-refractivity contribution in [2.75, 3.05) is 0 Å². The van der Waals surface area contributed by atoms with Crippen molar-refractivity contribution < 1.29 is 13.7 Å². The molecule has 1 aliphatic rings. The van der Waals surface area contributed by atoms with E-state index in [2.05, 4.69) is 67.5 Å². The Balaban J connectivity index is 2.97. The van der Waals surface area contributed by atoms with Gasteiger partial charge in [-0.25, -0.2) is 0 Å². The topological polar surface area (TPSA) is 27.7 Å². The zero-order valence-corrected chi connectivity index (χ0v) is 17.1. The minimum atomic E-state index is -1.89. The summed E-state index contributed by atoms with van der Waals surface area (Å²) in [6, 6.07) is 0. The summed E-state index contributed by atoms with van der Waals surface area (Å²) in [6.45, 7) is 19.4. The molecule has 5 heteroatoms. The van der Waals surface area contributed by atoms with Crippen LogP contribution in [0, 0.1) is 0 Å². The lowest BCUT2D eigenvalue weighted by Gasteiger charge is -2.32. The van der Waals surface area contributed by atoms with Gasteiger partial charge in [-0.15, -0.1) is 0 Å². The van der Waals surface area contributed by atoms with Gasteiger partial charge in [0, 0.05) is 6.10 Å². The van der Waals surface area contributed by atoms with Crippen molar-refractivity contribution in [1.29, 1.82) is 0 Å². The summed E-state index contributed by atoms with van der Waals surface area (Å²) in [5, 5.41) is 1.40. The molecule has 0 amide bonds. The lowest BCUT2D eigenvalue weighted by Crippen LogP contribution is -2.41. The third-order valence-corrected chi connectivity index (χ3v) is 7.74. The maximum absolute atomic E-state index is 6.27. The van der Waals surface area contributed by atoms with Gasteiger partial charge in [-0.1, -0.05) is 30.9 Å². The largest absolute Gasteiger partial charge is 0.486 e. The van der Waals surface area contributed by atoms with Gasteiger partial charge in [0.25, 0.3) is 0 Å². The molecule has 0 aromatic heterocycles. The van der Waals surface area contributed by atoms with E-state index in [1.165, 1.54) is 18.0 Å². The second-order valence-corrected chi connectivity index (χ2v) is 12.0. The molecule has 0 unspecified atom stereocenters. The third-order valence-electron chi connectivity index (χ3n) is 4.71. The van der Waals surface area contributed by atoms with E-state index in [0.29, 0.717) is 0 Å². The first-order chi connectivity index (χ1) is 9.91. The second kappa shape index (κ2) is 7.20. The highest BCUT2D eigenvalue weighted by atomic mass is 28.4. The maximum atomic E-state index is 6.27. The number of hydrogen-bond donors (Lipinski definition) is 0. The Kier molecular flexibility index (Phi) is 6.53. The predicted molar refractivity (Wildman–Crippen MR) is 97.4 cm³/mol. The molecule has 3 nitrogen and oxygen atoms in total. The molecule has 1 rings (SSSR count). The molecule has 0 spiro atoms. The van der Waals surface area contributed by atoms with Gasteiger partial charge in [-0.2, -0.15) is 0 Å². The number of allylic oxidation sites excluding steroid dienone is 1. The third kappa shape index (κ3) is 4.95. The Bertz CT molecular complexity index is 387. The predicted octanol–water partition coefficient (Wildman–Crippen LogP) is 4.90. The van der Waals surface area contributed by atoms with E-state index < -0.39 is 8.32 Å². The Morgan fingerprint density at radius 3 is 2.05 bits per heavy atom. The molecule has 0 radical (unpaired) electrons. The van der Waals surface area contributed by atoms with Crippen LogP contribution in [0.5, 0.6) is 0 Å². The molecule has 0 saturated carbocycles. The molecule has 1 aliphatic heterocycles. The van der Waals surface area contributed by atoms with Crippen molar-refractivity contribution >= 4 is 15.4 Å². The highest BCUT2D eigenvalue weighted by Crippen LogP contribution is 2.38. The number of rotatable bonds is 7. The van der Waals surface area contributed by atoms with Crippen LogP contribution in [0.25, 0.3) is 0 Å². The van der Waals surface area contributed by atoms with E-state index >= 15 is 0 Å². The minimum Gasteiger partial charge on any atom is -0.411 e. The van der Waals surface area contributed by atoms with Crippen LogP contribution in [-0.4, -0.2) is 32.7 Å². The number of unbranched alkanes of at least 4 members (excludes halogenated alkanes) is 1. The van der Waals surface area contributed by atoms with Crippen LogP contribution in [0.4, 0.5) is 0 Å². The summed E-state index contributed by atoms with van der Waals surface area (Å²) in [5.74, 6) is 2.20. The van der Waals surface area contributed by atoms with Gasteiger partial charge in [0.15, 0.2) is 0 Å². The van der Waals surface area contributed by atoms with E-state index in [1.54, 1.807) is 0 Å². The van der Waals surface area contributed by atoms with Gasteiger partial charge in [-0.05, 0) is 61.1 Å². The van der Waals surface area contributed by atoms with E-state index in [4.69, 9.17) is 13.7 Å². The van der Waals surface area contributed by atoms with Crippen molar-refractivity contribution in [3.05, 3.63) is 11.2 Å². The molecule has 0 aliphatic carbocycles. The molecule has 1 fully saturated rings. The van der Waals surface area contributed by atoms with Crippen molar-refractivity contribution in [3.63, 3.8) is 0 Å². The van der Waals surface area contributed by atoms with Gasteiger partial charge in [0.2, 0.25) is 8.32 Å². The van der Waals surface area contributed by atoms with Gasteiger partial charge < -0.3 is 13.7 Å². The first-order valence-corrected chi connectivity index (χ1v) is 11.6. The van der Waals surface area contributed by atoms with Crippen LogP contribution in [0.3, 0.4) is 0 Å². The van der Waals surface area contributed by atoms with Crippen molar-refractivity contribution in [1.82, 2.24) is 0 Å². The van der Waals surface area contributed by atoms with Crippen LogP contribution >= 0.6 is 0 Å². The standard InChI is InChI=1S/C17H35BO3Si/c1-10-11-12-15(22(8,9)19-14(2)3)13-18-20-16(4,5)17(6,7)21-18/h13-14H,10-12H2,1-9H3/b15-13+. The molecule has 1 heterocycles. The zero-order valence-electron chi connectivity index (χ0n) is 16.1. The van der Waals surface area contributed by atoms with Crippen molar-refractivity contribution in [2.24, 2.45) is 0 Å². The van der Waals surface area contributed by atoms with E-state index in [-0.39, 0.29) is 24.4 Å². The Labute approximate surface area is 139 Å². The molecule has 0 N–H and O–H groups in total. The van der Waals surface area contributed by atoms with Crippen molar-refractivity contribution in [2.45, 2.75) is 98.1 Å². The first kappa shape index (κ1) is 19.9. The lowest BCUT2D eigenvalue weighted by atomic mass is 9.89. The lowest BCUT2D eigenvalue weighted by molar-refractivity contribution is 0.00578. The fourth-order valence-corrected chi connectivity index (χ4v) is 5.38. The average molecular weight is 326 g/mol. The molecular weight excluding hydrogens is 291 g/mol. The van der Waals surface area contributed by atoms with E-state index in [0.717, 1.165) is 6.42 Å². The van der Waals surface area contributed by atoms with Crippen LogP contribution < -0.4 is 0 Å². The zero-order chi connectivity index (χ0) is 17.2. The van der Waals surface area contributed by atoms with E-state index in [9.17, 15) is 0 Å². The molecule has 128 valence electrons. The molecule has 22 heavy (non-hydrogen) atoms. The van der Waals surface area contributed by atoms with Crippen molar-refractivity contribution in [3.8, 4) is 0 Å². The minimum absolute atomic E-state index is 0.255. The fraction of sp³-hybridized carbons (Fsp3) is 0.882. The second-order valence-electron chi connectivity index (χ2n) is 8.10. The molecule has 1 saturated heterocycles. The highest BCUT2D eigenvalue weighted by Gasteiger charge is 2.50. The summed E-state index contributed by atoms with van der Waals surface area (Å²) in [6.07, 6.45) is 3.70. The van der Waals surface area contributed by atoms with Crippen LogP contribution in [0.15, 0.2) is 11.2 Å². The van der Waals surface area contributed by atoms with Gasteiger partial charge in [0.05, 0.1) is 11.2 Å². The normalized spacial score (nSPS) is 21.7. The Hall–Kier alpha value is -0.0982. The smallest absolute Gasteiger partial charge is 0.411 e. The molecular formula is C17H35BO3Si. The highest BCUT2D eigenvalue weighted by molar-refractivity contribution is 6.79.